The van der Waals surface area contributed by atoms with Crippen LogP contribution in [-0.2, 0) is 9.53 Å². The molecule has 1 amide bonds. The van der Waals surface area contributed by atoms with Crippen LogP contribution in [0.15, 0.2) is 17.7 Å². The number of aromatic nitrogens is 4. The predicted molar refractivity (Wildman–Crippen MR) is 87.3 cm³/mol. The lowest BCUT2D eigenvalue weighted by molar-refractivity contribution is -0.118. The van der Waals surface area contributed by atoms with Crippen LogP contribution in [0.1, 0.15) is 6.42 Å². The van der Waals surface area contributed by atoms with Crippen LogP contribution in [0.5, 0.6) is 0 Å². The Hall–Kier alpha value is -1.71. The molecule has 1 saturated heterocycles. The molecule has 1 aliphatic heterocycles. The first-order chi connectivity index (χ1) is 11.3. The van der Waals surface area contributed by atoms with Gasteiger partial charge < -0.3 is 15.0 Å². The fourth-order valence-electron chi connectivity index (χ4n) is 2.39. The number of nitrogens with zero attached hydrogens (tertiary/aromatic N) is 4. The highest BCUT2D eigenvalue weighted by Crippen LogP contribution is 2.21. The molecule has 0 atom stereocenters. The van der Waals surface area contributed by atoms with Gasteiger partial charge in [0.25, 0.3) is 0 Å². The van der Waals surface area contributed by atoms with E-state index < -0.39 is 0 Å². The second kappa shape index (κ2) is 8.23. The van der Waals surface area contributed by atoms with Gasteiger partial charge in [0.2, 0.25) is 5.91 Å². The van der Waals surface area contributed by atoms with Crippen LogP contribution in [-0.4, -0.2) is 75.9 Å². The summed E-state index contributed by atoms with van der Waals surface area (Å²) in [4.78, 5) is 29.6. The van der Waals surface area contributed by atoms with Gasteiger partial charge in [-0.05, 0) is 13.0 Å². The molecule has 0 spiro atoms. The van der Waals surface area contributed by atoms with E-state index in [4.69, 9.17) is 4.74 Å². The molecular formula is C14H20N6O2S. The average molecular weight is 336 g/mol. The van der Waals surface area contributed by atoms with E-state index in [9.17, 15) is 4.79 Å². The number of H-pyrrole nitrogens is 1. The Morgan fingerprint density at radius 3 is 3.09 bits per heavy atom. The smallest absolute Gasteiger partial charge is 0.230 e. The average Bonchev–Trinajstić information content (AvgIpc) is 3.07. The van der Waals surface area contributed by atoms with Crippen molar-refractivity contribution in [3.63, 3.8) is 0 Å². The highest BCUT2D eigenvalue weighted by molar-refractivity contribution is 8.00. The fraction of sp³-hybridized carbons (Fsp3) is 0.571. The molecule has 2 aromatic heterocycles. The number of carbonyl (C=O) groups excluding carboxylic acids is 1. The fourth-order valence-corrected chi connectivity index (χ4v) is 3.18. The molecule has 0 bridgehead atoms. The Morgan fingerprint density at radius 2 is 2.22 bits per heavy atom. The summed E-state index contributed by atoms with van der Waals surface area (Å²) in [5.74, 6) is 0.353. The van der Waals surface area contributed by atoms with E-state index in [1.807, 2.05) is 0 Å². The van der Waals surface area contributed by atoms with Gasteiger partial charge >= 0.3 is 0 Å². The van der Waals surface area contributed by atoms with Gasteiger partial charge in [-0.3, -0.25) is 9.69 Å². The molecule has 124 valence electrons. The summed E-state index contributed by atoms with van der Waals surface area (Å²) in [7, 11) is 0. The van der Waals surface area contributed by atoms with Crippen LogP contribution >= 0.6 is 11.8 Å². The molecule has 2 N–H and O–H groups in total. The molecule has 8 nitrogen and oxygen atoms in total. The number of imidazole rings is 1. The highest BCUT2D eigenvalue weighted by atomic mass is 32.2. The summed E-state index contributed by atoms with van der Waals surface area (Å²) in [6, 6.07) is 0. The standard InChI is InChI=1S/C14H20N6O2S/c21-11(15-2-1-3-20-4-6-22-7-5-20)8-23-14-12-13(17-9-16-12)18-10-19-14/h9-10H,1-8H2,(H,15,21)(H,16,17,18,19). The zero-order chi connectivity index (χ0) is 15.9. The van der Waals surface area contributed by atoms with E-state index in [0.717, 1.165) is 49.8 Å². The maximum atomic E-state index is 11.9. The van der Waals surface area contributed by atoms with Crippen molar-refractivity contribution in [1.82, 2.24) is 30.2 Å². The lowest BCUT2D eigenvalue weighted by Gasteiger charge is -2.26. The lowest BCUT2D eigenvalue weighted by atomic mass is 10.3. The Morgan fingerprint density at radius 1 is 1.35 bits per heavy atom. The third kappa shape index (κ3) is 4.63. The van der Waals surface area contributed by atoms with Crippen molar-refractivity contribution < 1.29 is 9.53 Å². The maximum absolute atomic E-state index is 11.9. The number of aromatic amines is 1. The SMILES string of the molecule is O=C(CSc1ncnc2nc[nH]c12)NCCCN1CCOCC1. The van der Waals surface area contributed by atoms with Gasteiger partial charge in [0, 0.05) is 19.6 Å². The third-order valence-electron chi connectivity index (χ3n) is 3.61. The molecule has 1 fully saturated rings. The Kier molecular flexibility index (Phi) is 5.78. The van der Waals surface area contributed by atoms with E-state index in [1.165, 1.54) is 18.1 Å². The van der Waals surface area contributed by atoms with Gasteiger partial charge in [-0.15, -0.1) is 0 Å². The molecular weight excluding hydrogens is 316 g/mol. The first kappa shape index (κ1) is 16.2. The minimum atomic E-state index is 0.0169. The van der Waals surface area contributed by atoms with Crippen LogP contribution < -0.4 is 5.32 Å². The molecule has 0 saturated carbocycles. The van der Waals surface area contributed by atoms with Gasteiger partial charge in [-0.25, -0.2) is 15.0 Å². The normalized spacial score (nSPS) is 15.8. The summed E-state index contributed by atoms with van der Waals surface area (Å²) in [6.45, 7) is 5.28. The van der Waals surface area contributed by atoms with Crippen molar-refractivity contribution in [2.24, 2.45) is 0 Å². The monoisotopic (exact) mass is 336 g/mol. The van der Waals surface area contributed by atoms with Gasteiger partial charge in [-0.2, -0.15) is 0 Å². The second-order valence-corrected chi connectivity index (χ2v) is 6.19. The number of nitrogens with one attached hydrogen (secondary N) is 2. The van der Waals surface area contributed by atoms with Crippen molar-refractivity contribution in [3.05, 3.63) is 12.7 Å². The van der Waals surface area contributed by atoms with Crippen molar-refractivity contribution in [3.8, 4) is 0 Å². The summed E-state index contributed by atoms with van der Waals surface area (Å²) in [5, 5.41) is 3.69. The molecule has 3 heterocycles. The summed E-state index contributed by atoms with van der Waals surface area (Å²) in [5.41, 5.74) is 1.39. The molecule has 0 aromatic carbocycles. The number of ether oxygens (including phenoxy) is 1. The highest BCUT2D eigenvalue weighted by Gasteiger charge is 2.11. The molecule has 0 radical (unpaired) electrons. The number of carbonyl (C=O) groups is 1. The minimum Gasteiger partial charge on any atom is -0.379 e. The van der Waals surface area contributed by atoms with Gasteiger partial charge in [-0.1, -0.05) is 11.8 Å². The van der Waals surface area contributed by atoms with Crippen LogP contribution in [0.4, 0.5) is 0 Å². The van der Waals surface area contributed by atoms with Gasteiger partial charge in [0.15, 0.2) is 5.65 Å². The number of hydrogen-bond acceptors (Lipinski definition) is 7. The molecule has 23 heavy (non-hydrogen) atoms. The topological polar surface area (TPSA) is 96.0 Å². The van der Waals surface area contributed by atoms with E-state index >= 15 is 0 Å². The Labute approximate surface area is 138 Å². The number of amides is 1. The van der Waals surface area contributed by atoms with Crippen molar-refractivity contribution in [2.45, 2.75) is 11.4 Å². The molecule has 1 aliphatic rings. The molecule has 0 unspecified atom stereocenters. The van der Waals surface area contributed by atoms with Crippen LogP contribution in [0.2, 0.25) is 0 Å². The predicted octanol–water partition coefficient (Wildman–Crippen LogP) is 0.284. The summed E-state index contributed by atoms with van der Waals surface area (Å²) >= 11 is 1.39. The van der Waals surface area contributed by atoms with E-state index in [2.05, 4.69) is 30.2 Å². The number of morpholine rings is 1. The first-order valence-electron chi connectivity index (χ1n) is 7.66. The maximum Gasteiger partial charge on any atom is 0.230 e. The van der Waals surface area contributed by atoms with Gasteiger partial charge in [0.05, 0.1) is 25.3 Å². The van der Waals surface area contributed by atoms with Crippen LogP contribution in [0, 0.1) is 0 Å². The molecule has 2 aromatic rings. The first-order valence-corrected chi connectivity index (χ1v) is 8.65. The van der Waals surface area contributed by atoms with Crippen molar-refractivity contribution in [1.29, 1.82) is 0 Å². The zero-order valence-corrected chi connectivity index (χ0v) is 13.6. The van der Waals surface area contributed by atoms with Crippen LogP contribution in [0.3, 0.4) is 0 Å². The number of hydrogen-bond donors (Lipinski definition) is 2. The summed E-state index contributed by atoms with van der Waals surface area (Å²) < 4.78 is 5.31. The van der Waals surface area contributed by atoms with E-state index in [-0.39, 0.29) is 5.91 Å². The van der Waals surface area contributed by atoms with Crippen molar-refractivity contribution >= 4 is 28.8 Å². The number of rotatable bonds is 7. The second-order valence-electron chi connectivity index (χ2n) is 5.23. The van der Waals surface area contributed by atoms with Gasteiger partial charge in [0.1, 0.15) is 16.9 Å². The summed E-state index contributed by atoms with van der Waals surface area (Å²) in [6.07, 6.45) is 4.00. The number of thioether (sulfide) groups is 1. The van der Waals surface area contributed by atoms with Crippen LogP contribution in [0.25, 0.3) is 11.2 Å². The Bertz CT molecular complexity index is 643. The largest absolute Gasteiger partial charge is 0.379 e. The van der Waals surface area contributed by atoms with E-state index in [1.54, 1.807) is 6.33 Å². The van der Waals surface area contributed by atoms with E-state index in [0.29, 0.717) is 17.9 Å². The van der Waals surface area contributed by atoms with Crippen molar-refractivity contribution in [2.75, 3.05) is 45.1 Å². The lowest BCUT2D eigenvalue weighted by Crippen LogP contribution is -2.38. The molecule has 9 heteroatoms. The zero-order valence-electron chi connectivity index (χ0n) is 12.8. The molecule has 3 rings (SSSR count). The quantitative estimate of drug-likeness (QED) is 0.426. The third-order valence-corrected chi connectivity index (χ3v) is 4.59. The minimum absolute atomic E-state index is 0.0169. The Balaban J connectivity index is 1.35. The number of fused-ring (bicyclic) bond motifs is 1. The molecule has 0 aliphatic carbocycles.